The van der Waals surface area contributed by atoms with Gasteiger partial charge in [0.05, 0.1) is 5.41 Å². The number of fused-ring (bicyclic) bond motifs is 4. The predicted octanol–water partition coefficient (Wildman–Crippen LogP) is 3.73. The molecular formula is C27H29N3O4. The largest absolute Gasteiger partial charge is 0.478 e. The Morgan fingerprint density at radius 3 is 2.24 bits per heavy atom. The monoisotopic (exact) mass is 459 g/mol. The van der Waals surface area contributed by atoms with E-state index in [0.29, 0.717) is 12.2 Å². The zero-order valence-electron chi connectivity index (χ0n) is 19.0. The highest BCUT2D eigenvalue weighted by Gasteiger charge is 2.43. The van der Waals surface area contributed by atoms with Crippen LogP contribution in [0.2, 0.25) is 0 Å². The topological polar surface area (TPSA) is 95.7 Å². The summed E-state index contributed by atoms with van der Waals surface area (Å²) in [4.78, 5) is 26.6. The highest BCUT2D eigenvalue weighted by Crippen LogP contribution is 2.44. The van der Waals surface area contributed by atoms with E-state index < -0.39 is 11.9 Å². The van der Waals surface area contributed by atoms with Gasteiger partial charge in [0.15, 0.2) is 0 Å². The van der Waals surface area contributed by atoms with Crippen LogP contribution < -0.4 is 0 Å². The average molecular weight is 460 g/mol. The maximum absolute atomic E-state index is 9.55. The molecule has 7 heteroatoms. The van der Waals surface area contributed by atoms with Gasteiger partial charge in [-0.3, -0.25) is 4.90 Å². The van der Waals surface area contributed by atoms with Gasteiger partial charge in [-0.25, -0.2) is 14.6 Å². The fourth-order valence-electron chi connectivity index (χ4n) is 5.04. The third-order valence-corrected chi connectivity index (χ3v) is 6.63. The Morgan fingerprint density at radius 1 is 0.912 bits per heavy atom. The summed E-state index contributed by atoms with van der Waals surface area (Å²) >= 11 is 0. The van der Waals surface area contributed by atoms with Crippen molar-refractivity contribution in [2.24, 2.45) is 0 Å². The number of rotatable bonds is 4. The van der Waals surface area contributed by atoms with Crippen molar-refractivity contribution >= 4 is 11.9 Å². The molecule has 0 aliphatic carbocycles. The molecule has 0 saturated carbocycles. The van der Waals surface area contributed by atoms with Crippen LogP contribution in [-0.2, 0) is 34.5 Å². The number of carboxylic acid groups (broad SMARTS) is 2. The van der Waals surface area contributed by atoms with E-state index in [4.69, 9.17) is 15.2 Å². The molecule has 34 heavy (non-hydrogen) atoms. The fourth-order valence-corrected chi connectivity index (χ4v) is 5.04. The summed E-state index contributed by atoms with van der Waals surface area (Å²) < 4.78 is 2.40. The van der Waals surface area contributed by atoms with Crippen LogP contribution in [0.15, 0.2) is 79.1 Å². The maximum atomic E-state index is 9.55. The van der Waals surface area contributed by atoms with Gasteiger partial charge in [0.25, 0.3) is 0 Å². The second kappa shape index (κ2) is 10.5. The van der Waals surface area contributed by atoms with Gasteiger partial charge in [0.1, 0.15) is 5.82 Å². The Morgan fingerprint density at radius 2 is 1.56 bits per heavy atom. The highest BCUT2D eigenvalue weighted by molar-refractivity contribution is 5.89. The molecule has 0 atom stereocenters. The van der Waals surface area contributed by atoms with Crippen molar-refractivity contribution in [1.29, 1.82) is 0 Å². The van der Waals surface area contributed by atoms with E-state index in [1.807, 2.05) is 6.20 Å². The molecule has 0 amide bonds. The SMILES string of the molecule is O=C(O)/C=C/C(=O)O.c1ccc(CN2CCC3(CC2)c2ccccc2CCn2ccnc23)cc1. The Hall–Kier alpha value is -3.71. The minimum absolute atomic E-state index is 0.0732. The van der Waals surface area contributed by atoms with Crippen LogP contribution in [0.5, 0.6) is 0 Å². The Bertz CT molecular complexity index is 1150. The van der Waals surface area contributed by atoms with E-state index in [1.165, 1.54) is 22.5 Å². The molecule has 2 aromatic carbocycles. The first-order valence-corrected chi connectivity index (χ1v) is 11.5. The molecule has 1 fully saturated rings. The minimum Gasteiger partial charge on any atom is -0.478 e. The van der Waals surface area contributed by atoms with Gasteiger partial charge in [-0.05, 0) is 49.0 Å². The fraction of sp³-hybridized carbons (Fsp3) is 0.296. The lowest BCUT2D eigenvalue weighted by Crippen LogP contribution is -2.44. The quantitative estimate of drug-likeness (QED) is 0.577. The molecule has 2 aliphatic rings. The summed E-state index contributed by atoms with van der Waals surface area (Å²) in [7, 11) is 0. The Labute approximate surface area is 199 Å². The second-order valence-corrected chi connectivity index (χ2v) is 8.71. The zero-order valence-corrected chi connectivity index (χ0v) is 19.0. The summed E-state index contributed by atoms with van der Waals surface area (Å²) in [5.41, 5.74) is 4.51. The number of carboxylic acids is 2. The van der Waals surface area contributed by atoms with Crippen molar-refractivity contribution in [2.75, 3.05) is 13.1 Å². The normalized spacial score (nSPS) is 16.7. The van der Waals surface area contributed by atoms with Crippen LogP contribution in [0.4, 0.5) is 0 Å². The number of imidazole rings is 1. The number of aliphatic carboxylic acids is 2. The molecule has 0 unspecified atom stereocenters. The molecule has 1 spiro atoms. The second-order valence-electron chi connectivity index (χ2n) is 8.71. The van der Waals surface area contributed by atoms with Crippen molar-refractivity contribution in [3.63, 3.8) is 0 Å². The number of nitrogens with zero attached hydrogens (tertiary/aromatic N) is 3. The molecule has 3 heterocycles. The van der Waals surface area contributed by atoms with Gasteiger partial charge in [0, 0.05) is 37.6 Å². The van der Waals surface area contributed by atoms with E-state index in [0.717, 1.165) is 45.4 Å². The lowest BCUT2D eigenvalue weighted by Gasteiger charge is -2.42. The molecule has 7 nitrogen and oxygen atoms in total. The van der Waals surface area contributed by atoms with Crippen LogP contribution in [-0.4, -0.2) is 49.7 Å². The van der Waals surface area contributed by atoms with E-state index in [2.05, 4.69) is 70.3 Å². The average Bonchev–Trinajstić information content (AvgIpc) is 3.28. The summed E-state index contributed by atoms with van der Waals surface area (Å²) in [6, 6.07) is 19.9. The third kappa shape index (κ3) is 5.26. The molecule has 176 valence electrons. The van der Waals surface area contributed by atoms with Gasteiger partial charge >= 0.3 is 11.9 Å². The first-order valence-electron chi connectivity index (χ1n) is 11.5. The minimum atomic E-state index is -1.26. The summed E-state index contributed by atoms with van der Waals surface area (Å²) in [5, 5.41) is 15.6. The van der Waals surface area contributed by atoms with Gasteiger partial charge in [-0.15, -0.1) is 0 Å². The first kappa shape index (κ1) is 23.4. The maximum Gasteiger partial charge on any atom is 0.328 e. The molecule has 1 saturated heterocycles. The van der Waals surface area contributed by atoms with Crippen molar-refractivity contribution in [3.05, 3.63) is 102 Å². The van der Waals surface area contributed by atoms with E-state index in [1.54, 1.807) is 0 Å². The molecule has 3 aromatic rings. The summed E-state index contributed by atoms with van der Waals surface area (Å²) in [6.07, 6.45) is 8.67. The number of hydrogen-bond acceptors (Lipinski definition) is 4. The van der Waals surface area contributed by atoms with Crippen LogP contribution in [0.1, 0.15) is 35.4 Å². The molecule has 0 radical (unpaired) electrons. The van der Waals surface area contributed by atoms with Crippen LogP contribution in [0.25, 0.3) is 0 Å². The van der Waals surface area contributed by atoms with Crippen LogP contribution >= 0.6 is 0 Å². The highest BCUT2D eigenvalue weighted by atomic mass is 16.4. The molecule has 0 bridgehead atoms. The van der Waals surface area contributed by atoms with E-state index >= 15 is 0 Å². The van der Waals surface area contributed by atoms with E-state index in [9.17, 15) is 9.59 Å². The summed E-state index contributed by atoms with van der Waals surface area (Å²) in [5.74, 6) is -1.23. The first-order chi connectivity index (χ1) is 16.5. The third-order valence-electron chi connectivity index (χ3n) is 6.63. The lowest BCUT2D eigenvalue weighted by atomic mass is 9.70. The lowest BCUT2D eigenvalue weighted by molar-refractivity contribution is -0.134. The smallest absolute Gasteiger partial charge is 0.328 e. The van der Waals surface area contributed by atoms with E-state index in [-0.39, 0.29) is 5.41 Å². The Kier molecular flexibility index (Phi) is 7.23. The van der Waals surface area contributed by atoms with Gasteiger partial charge in [-0.1, -0.05) is 54.6 Å². The number of hydrogen-bond donors (Lipinski definition) is 2. The van der Waals surface area contributed by atoms with Crippen LogP contribution in [0.3, 0.4) is 0 Å². The summed E-state index contributed by atoms with van der Waals surface area (Å²) in [6.45, 7) is 4.33. The number of likely N-dealkylation sites (tertiary alicyclic amines) is 1. The van der Waals surface area contributed by atoms with Gasteiger partial charge < -0.3 is 14.8 Å². The zero-order chi connectivity index (χ0) is 24.0. The van der Waals surface area contributed by atoms with Crippen molar-refractivity contribution in [3.8, 4) is 0 Å². The number of benzene rings is 2. The number of aryl methyl sites for hydroxylation is 2. The molecule has 1 aromatic heterocycles. The molecule has 5 rings (SSSR count). The number of piperidine rings is 1. The predicted molar refractivity (Wildman–Crippen MR) is 129 cm³/mol. The van der Waals surface area contributed by atoms with Crippen molar-refractivity contribution < 1.29 is 19.8 Å². The van der Waals surface area contributed by atoms with Crippen LogP contribution in [0, 0.1) is 0 Å². The van der Waals surface area contributed by atoms with Gasteiger partial charge in [-0.2, -0.15) is 0 Å². The molecule has 2 N–H and O–H groups in total. The number of aromatic nitrogens is 2. The van der Waals surface area contributed by atoms with Crippen molar-refractivity contribution in [1.82, 2.24) is 14.5 Å². The Balaban J connectivity index is 0.000000297. The molecular weight excluding hydrogens is 430 g/mol. The standard InChI is InChI=1S/C23H25N3.C4H4O4/c1-2-6-19(7-3-1)18-25-15-11-23(12-16-25)21-9-5-4-8-20(21)10-14-26-17-13-24-22(23)26;5-3(6)1-2-4(7)8/h1-9,13,17H,10-12,14-16,18H2;1-2H,(H,5,6)(H,7,8)/b;2-1+. The van der Waals surface area contributed by atoms with Crippen molar-refractivity contribution in [2.45, 2.75) is 37.8 Å². The van der Waals surface area contributed by atoms with Gasteiger partial charge in [0.2, 0.25) is 0 Å². The molecule has 2 aliphatic heterocycles. The number of carbonyl (C=O) groups is 2.